The number of carbonyl (C=O) groups is 2. The van der Waals surface area contributed by atoms with Gasteiger partial charge in [-0.15, -0.1) is 0 Å². The molecule has 0 aliphatic rings. The lowest BCUT2D eigenvalue weighted by atomic mass is 10.1. The minimum atomic E-state index is -0.156. The van der Waals surface area contributed by atoms with E-state index < -0.39 is 0 Å². The third-order valence-electron chi connectivity index (χ3n) is 4.47. The SMILES string of the molecule is CCCCC(C)C(=O)OCCOCCOCCOCCOC(=O)C(C)CCCC. The van der Waals surface area contributed by atoms with Gasteiger partial charge in [0, 0.05) is 0 Å². The van der Waals surface area contributed by atoms with E-state index in [9.17, 15) is 9.59 Å². The number of ether oxygens (including phenoxy) is 5. The number of hydrogen-bond acceptors (Lipinski definition) is 7. The number of esters is 2. The lowest BCUT2D eigenvalue weighted by molar-refractivity contribution is -0.150. The quantitative estimate of drug-likeness (QED) is 0.220. The van der Waals surface area contributed by atoms with Crippen LogP contribution >= 0.6 is 0 Å². The summed E-state index contributed by atoms with van der Waals surface area (Å²) in [6.45, 7) is 11.1. The first-order valence-electron chi connectivity index (χ1n) is 11.1. The van der Waals surface area contributed by atoms with Crippen LogP contribution < -0.4 is 0 Å². The molecule has 2 unspecified atom stereocenters. The molecule has 7 heteroatoms. The maximum Gasteiger partial charge on any atom is 0.308 e. The van der Waals surface area contributed by atoms with Crippen LogP contribution in [0.25, 0.3) is 0 Å². The summed E-state index contributed by atoms with van der Waals surface area (Å²) in [5.41, 5.74) is 0. The molecule has 0 N–H and O–H groups in total. The zero-order valence-corrected chi connectivity index (χ0v) is 18.9. The van der Waals surface area contributed by atoms with Crippen LogP contribution in [-0.2, 0) is 33.3 Å². The number of hydrogen-bond donors (Lipinski definition) is 0. The second-order valence-electron chi connectivity index (χ2n) is 7.26. The number of unbranched alkanes of at least 4 members (excludes halogenated alkanes) is 2. The fourth-order valence-corrected chi connectivity index (χ4v) is 2.49. The normalized spacial score (nSPS) is 13.1. The summed E-state index contributed by atoms with van der Waals surface area (Å²) < 4.78 is 26.5. The molecule has 0 spiro atoms. The Morgan fingerprint density at radius 1 is 0.586 bits per heavy atom. The van der Waals surface area contributed by atoms with Gasteiger partial charge >= 0.3 is 11.9 Å². The smallest absolute Gasteiger partial charge is 0.308 e. The predicted octanol–water partition coefficient (Wildman–Crippen LogP) is 3.78. The van der Waals surface area contributed by atoms with Crippen LogP contribution in [-0.4, -0.2) is 64.8 Å². The minimum absolute atomic E-state index is 0.0498. The van der Waals surface area contributed by atoms with E-state index in [1.54, 1.807) is 0 Å². The average Bonchev–Trinajstić information content (AvgIpc) is 2.72. The van der Waals surface area contributed by atoms with Gasteiger partial charge in [-0.1, -0.05) is 53.4 Å². The first-order chi connectivity index (χ1) is 14.0. The molecule has 0 fully saturated rings. The molecule has 0 amide bonds. The second kappa shape index (κ2) is 20.1. The topological polar surface area (TPSA) is 80.3 Å². The van der Waals surface area contributed by atoms with Gasteiger partial charge in [0.05, 0.1) is 51.5 Å². The van der Waals surface area contributed by atoms with E-state index in [0.29, 0.717) is 39.6 Å². The highest BCUT2D eigenvalue weighted by Crippen LogP contribution is 2.10. The van der Waals surface area contributed by atoms with Crippen LogP contribution in [0.5, 0.6) is 0 Å². The number of rotatable bonds is 20. The van der Waals surface area contributed by atoms with Gasteiger partial charge in [-0.25, -0.2) is 0 Å². The molecule has 172 valence electrons. The molecule has 0 aliphatic carbocycles. The third-order valence-corrected chi connectivity index (χ3v) is 4.47. The van der Waals surface area contributed by atoms with Crippen molar-refractivity contribution >= 4 is 11.9 Å². The van der Waals surface area contributed by atoms with Crippen LogP contribution in [0.2, 0.25) is 0 Å². The van der Waals surface area contributed by atoms with Gasteiger partial charge in [-0.2, -0.15) is 0 Å². The van der Waals surface area contributed by atoms with Crippen molar-refractivity contribution in [2.75, 3.05) is 52.9 Å². The molecular formula is C22H42O7. The first kappa shape index (κ1) is 27.8. The molecule has 0 radical (unpaired) electrons. The van der Waals surface area contributed by atoms with Crippen molar-refractivity contribution in [1.82, 2.24) is 0 Å². The standard InChI is InChI=1S/C22H42O7/c1-5-7-9-19(3)21(23)28-17-15-26-13-11-25-12-14-27-16-18-29-22(24)20(4)10-8-6-2/h19-20H,5-18H2,1-4H3. The Morgan fingerprint density at radius 3 is 1.21 bits per heavy atom. The fourth-order valence-electron chi connectivity index (χ4n) is 2.49. The summed E-state index contributed by atoms with van der Waals surface area (Å²) in [5, 5.41) is 0. The molecule has 0 aromatic carbocycles. The maximum absolute atomic E-state index is 11.7. The molecular weight excluding hydrogens is 376 g/mol. The van der Waals surface area contributed by atoms with E-state index in [4.69, 9.17) is 23.7 Å². The van der Waals surface area contributed by atoms with E-state index in [1.165, 1.54) is 0 Å². The highest BCUT2D eigenvalue weighted by Gasteiger charge is 2.14. The van der Waals surface area contributed by atoms with Crippen LogP contribution in [0, 0.1) is 11.8 Å². The van der Waals surface area contributed by atoms with Crippen molar-refractivity contribution in [3.05, 3.63) is 0 Å². The van der Waals surface area contributed by atoms with Crippen LogP contribution in [0.1, 0.15) is 66.2 Å². The summed E-state index contributed by atoms with van der Waals surface area (Å²) >= 11 is 0. The molecule has 0 bridgehead atoms. The van der Waals surface area contributed by atoms with Gasteiger partial charge in [-0.3, -0.25) is 9.59 Å². The monoisotopic (exact) mass is 418 g/mol. The molecule has 0 aromatic rings. The van der Waals surface area contributed by atoms with Crippen molar-refractivity contribution in [1.29, 1.82) is 0 Å². The van der Waals surface area contributed by atoms with Gasteiger partial charge in [-0.05, 0) is 12.8 Å². The lowest BCUT2D eigenvalue weighted by Crippen LogP contribution is -2.19. The maximum atomic E-state index is 11.7. The molecule has 0 rings (SSSR count). The summed E-state index contributed by atoms with van der Waals surface area (Å²) in [6, 6.07) is 0. The highest BCUT2D eigenvalue weighted by molar-refractivity contribution is 5.72. The Balaban J connectivity index is 3.33. The molecule has 29 heavy (non-hydrogen) atoms. The van der Waals surface area contributed by atoms with Crippen molar-refractivity contribution < 1.29 is 33.3 Å². The Morgan fingerprint density at radius 2 is 0.897 bits per heavy atom. The lowest BCUT2D eigenvalue weighted by Gasteiger charge is -2.11. The second-order valence-corrected chi connectivity index (χ2v) is 7.26. The fraction of sp³-hybridized carbons (Fsp3) is 0.909. The van der Waals surface area contributed by atoms with E-state index in [-0.39, 0.29) is 37.0 Å². The van der Waals surface area contributed by atoms with Crippen LogP contribution in [0.4, 0.5) is 0 Å². The van der Waals surface area contributed by atoms with E-state index in [2.05, 4.69) is 13.8 Å². The van der Waals surface area contributed by atoms with E-state index in [0.717, 1.165) is 38.5 Å². The van der Waals surface area contributed by atoms with Gasteiger partial charge < -0.3 is 23.7 Å². The van der Waals surface area contributed by atoms with Crippen molar-refractivity contribution in [3.63, 3.8) is 0 Å². The zero-order chi connectivity index (χ0) is 21.7. The van der Waals surface area contributed by atoms with Crippen molar-refractivity contribution in [2.45, 2.75) is 66.2 Å². The Kier molecular flexibility index (Phi) is 19.3. The molecule has 0 saturated heterocycles. The molecule has 2 atom stereocenters. The van der Waals surface area contributed by atoms with Gasteiger partial charge in [0.25, 0.3) is 0 Å². The first-order valence-corrected chi connectivity index (χ1v) is 11.1. The third kappa shape index (κ3) is 17.4. The predicted molar refractivity (Wildman–Crippen MR) is 112 cm³/mol. The van der Waals surface area contributed by atoms with Crippen molar-refractivity contribution in [3.8, 4) is 0 Å². The van der Waals surface area contributed by atoms with Gasteiger partial charge in [0.2, 0.25) is 0 Å². The van der Waals surface area contributed by atoms with E-state index in [1.807, 2.05) is 13.8 Å². The average molecular weight is 419 g/mol. The van der Waals surface area contributed by atoms with Crippen molar-refractivity contribution in [2.24, 2.45) is 11.8 Å². The zero-order valence-electron chi connectivity index (χ0n) is 18.9. The number of carbonyl (C=O) groups excluding carboxylic acids is 2. The minimum Gasteiger partial charge on any atom is -0.463 e. The summed E-state index contributed by atoms with van der Waals surface area (Å²) in [6.07, 6.45) is 5.98. The summed E-state index contributed by atoms with van der Waals surface area (Å²) in [4.78, 5) is 23.4. The van der Waals surface area contributed by atoms with Crippen LogP contribution in [0.3, 0.4) is 0 Å². The Hall–Kier alpha value is -1.18. The largest absolute Gasteiger partial charge is 0.463 e. The molecule has 0 aromatic heterocycles. The molecule has 0 saturated carbocycles. The summed E-state index contributed by atoms with van der Waals surface area (Å²) in [7, 11) is 0. The molecule has 7 nitrogen and oxygen atoms in total. The van der Waals surface area contributed by atoms with Crippen LogP contribution in [0.15, 0.2) is 0 Å². The Bertz CT molecular complexity index is 365. The molecule has 0 heterocycles. The van der Waals surface area contributed by atoms with Gasteiger partial charge in [0.1, 0.15) is 13.2 Å². The highest BCUT2D eigenvalue weighted by atomic mass is 16.6. The van der Waals surface area contributed by atoms with Gasteiger partial charge in [0.15, 0.2) is 0 Å². The Labute approximate surface area is 176 Å². The van der Waals surface area contributed by atoms with E-state index >= 15 is 0 Å². The summed E-state index contributed by atoms with van der Waals surface area (Å²) in [5.74, 6) is -0.411. The molecule has 0 aliphatic heterocycles.